The Bertz CT molecular complexity index is 465. The van der Waals surface area contributed by atoms with E-state index in [2.05, 4.69) is 15.5 Å². The van der Waals surface area contributed by atoms with E-state index in [-0.39, 0.29) is 12.3 Å². The van der Waals surface area contributed by atoms with Crippen LogP contribution in [0.4, 0.5) is 0 Å². The zero-order valence-electron chi connectivity index (χ0n) is 12.0. The van der Waals surface area contributed by atoms with Gasteiger partial charge >= 0.3 is 5.97 Å². The van der Waals surface area contributed by atoms with E-state index in [0.29, 0.717) is 31.7 Å². The van der Waals surface area contributed by atoms with Crippen molar-refractivity contribution in [3.05, 3.63) is 12.2 Å². The summed E-state index contributed by atoms with van der Waals surface area (Å²) in [5, 5.41) is 15.7. The highest BCUT2D eigenvalue weighted by atomic mass is 16.5. The monoisotopic (exact) mass is 295 g/mol. The summed E-state index contributed by atoms with van der Waals surface area (Å²) < 4.78 is 4.83. The van der Waals surface area contributed by atoms with Gasteiger partial charge in [0.2, 0.25) is 11.8 Å². The molecule has 0 unspecified atom stereocenters. The largest absolute Gasteiger partial charge is 0.481 e. The second kappa shape index (κ2) is 7.19. The number of rotatable bonds is 6. The third-order valence-corrected chi connectivity index (χ3v) is 4.08. The van der Waals surface area contributed by atoms with Gasteiger partial charge in [0.25, 0.3) is 0 Å². The van der Waals surface area contributed by atoms with Crippen molar-refractivity contribution in [2.24, 2.45) is 5.41 Å². The summed E-state index contributed by atoms with van der Waals surface area (Å²) in [6.45, 7) is 0.372. The Morgan fingerprint density at radius 1 is 1.29 bits per heavy atom. The predicted octanol–water partition coefficient (Wildman–Crippen LogP) is 1.54. The summed E-state index contributed by atoms with van der Waals surface area (Å²) in [6, 6.07) is 0. The number of carbonyl (C=O) groups is 2. The lowest BCUT2D eigenvalue weighted by molar-refractivity contribution is -0.152. The van der Waals surface area contributed by atoms with Crippen molar-refractivity contribution < 1.29 is 19.2 Å². The molecule has 1 heterocycles. The van der Waals surface area contributed by atoms with Crippen molar-refractivity contribution in [2.45, 2.75) is 51.4 Å². The second-order valence-corrected chi connectivity index (χ2v) is 5.61. The fourth-order valence-electron chi connectivity index (χ4n) is 2.86. The maximum atomic E-state index is 12.0. The molecule has 0 saturated heterocycles. The van der Waals surface area contributed by atoms with Gasteiger partial charge in [0.05, 0.1) is 5.41 Å². The molecule has 1 aromatic rings. The Morgan fingerprint density at radius 3 is 2.57 bits per heavy atom. The highest BCUT2D eigenvalue weighted by Gasteiger charge is 2.40. The number of carboxylic acid groups (broad SMARTS) is 1. The van der Waals surface area contributed by atoms with Gasteiger partial charge in [0.1, 0.15) is 0 Å². The van der Waals surface area contributed by atoms with Gasteiger partial charge in [-0.1, -0.05) is 30.8 Å². The van der Waals surface area contributed by atoms with Crippen molar-refractivity contribution in [3.63, 3.8) is 0 Å². The van der Waals surface area contributed by atoms with Crippen LogP contribution in [0, 0.1) is 5.41 Å². The van der Waals surface area contributed by atoms with Crippen LogP contribution in [0.25, 0.3) is 0 Å². The molecule has 7 nitrogen and oxygen atoms in total. The Balaban J connectivity index is 1.84. The van der Waals surface area contributed by atoms with Crippen LogP contribution in [0.5, 0.6) is 0 Å². The Labute approximate surface area is 123 Å². The third-order valence-electron chi connectivity index (χ3n) is 4.08. The van der Waals surface area contributed by atoms with E-state index >= 15 is 0 Å². The van der Waals surface area contributed by atoms with Gasteiger partial charge in [-0.2, -0.15) is 4.98 Å². The quantitative estimate of drug-likeness (QED) is 0.771. The SMILES string of the molecule is O=C(CC1(C(=O)O)CCCCCC1)NCCc1ncno1. The average Bonchev–Trinajstić information content (AvgIpc) is 2.84. The average molecular weight is 295 g/mol. The molecule has 1 fully saturated rings. The van der Waals surface area contributed by atoms with Crippen LogP contribution < -0.4 is 5.32 Å². The zero-order valence-corrected chi connectivity index (χ0v) is 12.0. The number of nitrogens with one attached hydrogen (secondary N) is 1. The van der Waals surface area contributed by atoms with E-state index < -0.39 is 11.4 Å². The maximum Gasteiger partial charge on any atom is 0.310 e. The topological polar surface area (TPSA) is 105 Å². The molecule has 1 amide bonds. The first-order valence-corrected chi connectivity index (χ1v) is 7.38. The molecular formula is C14H21N3O4. The first-order chi connectivity index (χ1) is 10.1. The van der Waals surface area contributed by atoms with Crippen molar-refractivity contribution in [3.8, 4) is 0 Å². The third kappa shape index (κ3) is 4.27. The van der Waals surface area contributed by atoms with Crippen LogP contribution in [0.15, 0.2) is 10.9 Å². The number of nitrogens with zero attached hydrogens (tertiary/aromatic N) is 2. The van der Waals surface area contributed by atoms with E-state index in [1.807, 2.05) is 0 Å². The van der Waals surface area contributed by atoms with Gasteiger partial charge in [0.15, 0.2) is 6.33 Å². The van der Waals surface area contributed by atoms with Crippen LogP contribution in [0.2, 0.25) is 0 Å². The van der Waals surface area contributed by atoms with E-state index in [0.717, 1.165) is 25.7 Å². The van der Waals surface area contributed by atoms with Crippen LogP contribution in [-0.2, 0) is 16.0 Å². The number of carbonyl (C=O) groups excluding carboxylic acids is 1. The first-order valence-electron chi connectivity index (χ1n) is 7.38. The summed E-state index contributed by atoms with van der Waals surface area (Å²) in [7, 11) is 0. The molecule has 21 heavy (non-hydrogen) atoms. The molecule has 0 aliphatic heterocycles. The summed E-state index contributed by atoms with van der Waals surface area (Å²) in [4.78, 5) is 27.5. The molecule has 0 spiro atoms. The standard InChI is InChI=1S/C14H21N3O4/c18-11(15-8-5-12-16-10-17-21-12)9-14(13(19)20)6-3-1-2-4-7-14/h10H,1-9H2,(H,15,18)(H,19,20). The Kier molecular flexibility index (Phi) is 5.30. The van der Waals surface area contributed by atoms with E-state index in [1.54, 1.807) is 0 Å². The number of aliphatic carboxylic acids is 1. The minimum absolute atomic E-state index is 0.0478. The van der Waals surface area contributed by atoms with Crippen LogP contribution in [0.3, 0.4) is 0 Å². The molecule has 7 heteroatoms. The molecule has 116 valence electrons. The van der Waals surface area contributed by atoms with Crippen molar-refractivity contribution in [1.29, 1.82) is 0 Å². The molecule has 0 atom stereocenters. The molecular weight excluding hydrogens is 274 g/mol. The zero-order chi connectivity index (χ0) is 15.1. The van der Waals surface area contributed by atoms with Gasteiger partial charge in [-0.15, -0.1) is 0 Å². The summed E-state index contributed by atoms with van der Waals surface area (Å²) in [5.41, 5.74) is -0.898. The number of aromatic nitrogens is 2. The van der Waals surface area contributed by atoms with Crippen LogP contribution in [0.1, 0.15) is 50.8 Å². The number of amides is 1. The summed E-state index contributed by atoms with van der Waals surface area (Å²) in [6.07, 6.45) is 6.82. The van der Waals surface area contributed by atoms with Crippen molar-refractivity contribution >= 4 is 11.9 Å². The van der Waals surface area contributed by atoms with Gasteiger partial charge in [-0.3, -0.25) is 9.59 Å². The lowest BCUT2D eigenvalue weighted by atomic mass is 9.77. The van der Waals surface area contributed by atoms with Crippen LogP contribution >= 0.6 is 0 Å². The minimum Gasteiger partial charge on any atom is -0.481 e. The lowest BCUT2D eigenvalue weighted by Crippen LogP contribution is -2.38. The molecule has 1 saturated carbocycles. The molecule has 1 aliphatic carbocycles. The lowest BCUT2D eigenvalue weighted by Gasteiger charge is -2.27. The molecule has 1 aliphatic rings. The molecule has 0 radical (unpaired) electrons. The molecule has 0 aromatic carbocycles. The summed E-state index contributed by atoms with van der Waals surface area (Å²) >= 11 is 0. The molecule has 2 N–H and O–H groups in total. The van der Waals surface area contributed by atoms with Crippen LogP contribution in [-0.4, -0.2) is 33.7 Å². The highest BCUT2D eigenvalue weighted by Crippen LogP contribution is 2.38. The number of hydrogen-bond donors (Lipinski definition) is 2. The minimum atomic E-state index is -0.898. The first kappa shape index (κ1) is 15.5. The Morgan fingerprint density at radius 2 is 2.00 bits per heavy atom. The molecule has 0 bridgehead atoms. The Hall–Kier alpha value is -1.92. The van der Waals surface area contributed by atoms with Gasteiger partial charge in [-0.05, 0) is 12.8 Å². The fraction of sp³-hybridized carbons (Fsp3) is 0.714. The number of hydrogen-bond acceptors (Lipinski definition) is 5. The molecule has 1 aromatic heterocycles. The smallest absolute Gasteiger partial charge is 0.310 e. The normalized spacial score (nSPS) is 17.9. The van der Waals surface area contributed by atoms with E-state index in [4.69, 9.17) is 4.52 Å². The van der Waals surface area contributed by atoms with E-state index in [1.165, 1.54) is 6.33 Å². The predicted molar refractivity (Wildman–Crippen MR) is 73.4 cm³/mol. The fourth-order valence-corrected chi connectivity index (χ4v) is 2.86. The van der Waals surface area contributed by atoms with Crippen molar-refractivity contribution in [1.82, 2.24) is 15.5 Å². The maximum absolute atomic E-state index is 12.0. The number of carboxylic acids is 1. The van der Waals surface area contributed by atoms with E-state index in [9.17, 15) is 14.7 Å². The van der Waals surface area contributed by atoms with Gasteiger partial charge in [0, 0.05) is 19.4 Å². The molecule has 2 rings (SSSR count). The van der Waals surface area contributed by atoms with Gasteiger partial charge in [-0.25, -0.2) is 0 Å². The second-order valence-electron chi connectivity index (χ2n) is 5.61. The highest BCUT2D eigenvalue weighted by molar-refractivity contribution is 5.85. The van der Waals surface area contributed by atoms with Crippen molar-refractivity contribution in [2.75, 3.05) is 6.54 Å². The van der Waals surface area contributed by atoms with Gasteiger partial charge < -0.3 is 14.9 Å². The summed E-state index contributed by atoms with van der Waals surface area (Å²) in [5.74, 6) is -0.618.